The Morgan fingerprint density at radius 2 is 1.70 bits per heavy atom. The van der Waals surface area contributed by atoms with Crippen molar-refractivity contribution in [2.45, 2.75) is 43.8 Å². The van der Waals surface area contributed by atoms with E-state index in [0.717, 1.165) is 16.0 Å². The normalized spacial score (nSPS) is 16.9. The van der Waals surface area contributed by atoms with Gasteiger partial charge in [0.2, 0.25) is 17.7 Å². The standard InChI is InChI=1S/C16H21N3O3.C7H8O3S/c1-11(15(21)17-10-12-7-5-4-6-8-12)19-14(20)9-13(16(19)22)18(2)3;1-6-2-4-7(5-3-6)11(8,9)10/h4-8,11,13H,9-10H2,1-3H3,(H,17,21);2-5H,1H3,(H,8,9,10)/t11-,13?;/m0./s1. The summed E-state index contributed by atoms with van der Waals surface area (Å²) in [5.41, 5.74) is 1.92. The largest absolute Gasteiger partial charge is 0.350 e. The summed E-state index contributed by atoms with van der Waals surface area (Å²) in [7, 11) is -0.521. The third-order valence-electron chi connectivity index (χ3n) is 5.18. The van der Waals surface area contributed by atoms with Gasteiger partial charge in [0.05, 0.1) is 17.4 Å². The van der Waals surface area contributed by atoms with Crippen molar-refractivity contribution in [2.24, 2.45) is 0 Å². The average Bonchev–Trinajstić information content (AvgIpc) is 3.06. The van der Waals surface area contributed by atoms with Crippen molar-refractivity contribution in [3.8, 4) is 0 Å². The molecule has 0 spiro atoms. The van der Waals surface area contributed by atoms with Gasteiger partial charge in [-0.3, -0.25) is 28.7 Å². The van der Waals surface area contributed by atoms with Crippen LogP contribution < -0.4 is 5.32 Å². The van der Waals surface area contributed by atoms with E-state index in [4.69, 9.17) is 4.55 Å². The molecule has 2 N–H and O–H groups in total. The van der Waals surface area contributed by atoms with Crippen molar-refractivity contribution < 1.29 is 27.4 Å². The molecule has 0 aromatic heterocycles. The Labute approximate surface area is 194 Å². The maximum atomic E-state index is 12.3. The number of nitrogens with one attached hydrogen (secondary N) is 1. The van der Waals surface area contributed by atoms with Crippen LogP contribution in [0.15, 0.2) is 59.5 Å². The Morgan fingerprint density at radius 1 is 1.12 bits per heavy atom. The summed E-state index contributed by atoms with van der Waals surface area (Å²) in [6.45, 7) is 3.79. The molecule has 1 saturated heterocycles. The fourth-order valence-corrected chi connectivity index (χ4v) is 3.69. The highest BCUT2D eigenvalue weighted by Crippen LogP contribution is 2.19. The molecular formula is C23H29N3O6S. The van der Waals surface area contributed by atoms with Gasteiger partial charge in [-0.25, -0.2) is 0 Å². The predicted molar refractivity (Wildman–Crippen MR) is 123 cm³/mol. The summed E-state index contributed by atoms with van der Waals surface area (Å²) in [6, 6.07) is 14.2. The zero-order chi connectivity index (χ0) is 24.8. The Bertz CT molecular complexity index is 1080. The maximum absolute atomic E-state index is 12.3. The van der Waals surface area contributed by atoms with E-state index in [1.807, 2.05) is 37.3 Å². The molecule has 3 amide bonds. The number of carbonyl (C=O) groups is 3. The van der Waals surface area contributed by atoms with E-state index < -0.39 is 22.2 Å². The number of amides is 3. The van der Waals surface area contributed by atoms with E-state index in [0.29, 0.717) is 6.54 Å². The number of likely N-dealkylation sites (N-methyl/N-ethyl adjacent to an activating group) is 1. The molecule has 1 fully saturated rings. The van der Waals surface area contributed by atoms with E-state index in [9.17, 15) is 22.8 Å². The van der Waals surface area contributed by atoms with Crippen molar-refractivity contribution in [2.75, 3.05) is 14.1 Å². The lowest BCUT2D eigenvalue weighted by Gasteiger charge is -2.23. The Kier molecular flexibility index (Phi) is 8.86. The Balaban J connectivity index is 0.000000294. The first-order valence-corrected chi connectivity index (χ1v) is 11.7. The fraction of sp³-hybridized carbons (Fsp3) is 0.348. The van der Waals surface area contributed by atoms with Crippen LogP contribution in [0.25, 0.3) is 0 Å². The summed E-state index contributed by atoms with van der Waals surface area (Å²) >= 11 is 0. The molecule has 0 bridgehead atoms. The quantitative estimate of drug-likeness (QED) is 0.481. The number of aryl methyl sites for hydroxylation is 1. The van der Waals surface area contributed by atoms with Gasteiger partial charge in [0.15, 0.2) is 0 Å². The molecule has 9 nitrogen and oxygen atoms in total. The van der Waals surface area contributed by atoms with Crippen molar-refractivity contribution in [3.05, 3.63) is 65.7 Å². The molecular weight excluding hydrogens is 446 g/mol. The molecule has 1 aliphatic heterocycles. The molecule has 0 saturated carbocycles. The van der Waals surface area contributed by atoms with Gasteiger partial charge in [-0.1, -0.05) is 48.0 Å². The number of imide groups is 1. The van der Waals surface area contributed by atoms with Crippen LogP contribution in [0.1, 0.15) is 24.5 Å². The van der Waals surface area contributed by atoms with Gasteiger partial charge in [0, 0.05) is 6.54 Å². The van der Waals surface area contributed by atoms with Crippen molar-refractivity contribution in [1.29, 1.82) is 0 Å². The first kappa shape index (κ1) is 26.2. The summed E-state index contributed by atoms with van der Waals surface area (Å²) in [6.07, 6.45) is 0.127. The zero-order valence-corrected chi connectivity index (χ0v) is 19.9. The predicted octanol–water partition coefficient (Wildman–Crippen LogP) is 1.62. The molecule has 33 heavy (non-hydrogen) atoms. The van der Waals surface area contributed by atoms with Gasteiger partial charge in [0.25, 0.3) is 10.1 Å². The average molecular weight is 476 g/mol. The number of hydrogen-bond acceptors (Lipinski definition) is 6. The molecule has 0 aliphatic carbocycles. The molecule has 10 heteroatoms. The van der Waals surface area contributed by atoms with Crippen LogP contribution in [0.2, 0.25) is 0 Å². The van der Waals surface area contributed by atoms with E-state index in [1.54, 1.807) is 38.1 Å². The van der Waals surface area contributed by atoms with Crippen LogP contribution >= 0.6 is 0 Å². The van der Waals surface area contributed by atoms with Gasteiger partial charge < -0.3 is 5.32 Å². The summed E-state index contributed by atoms with van der Waals surface area (Å²) < 4.78 is 29.6. The number of likely N-dealkylation sites (tertiary alicyclic amines) is 1. The minimum absolute atomic E-state index is 0.0666. The lowest BCUT2D eigenvalue weighted by atomic mass is 10.2. The Hall–Kier alpha value is -3.08. The maximum Gasteiger partial charge on any atom is 0.294 e. The van der Waals surface area contributed by atoms with Crippen LogP contribution in [0.4, 0.5) is 0 Å². The van der Waals surface area contributed by atoms with Crippen LogP contribution in [-0.4, -0.2) is 66.7 Å². The lowest BCUT2D eigenvalue weighted by molar-refractivity contribution is -0.147. The van der Waals surface area contributed by atoms with E-state index in [-0.39, 0.29) is 29.0 Å². The Morgan fingerprint density at radius 3 is 2.18 bits per heavy atom. The molecule has 0 radical (unpaired) electrons. The number of rotatable bonds is 6. The third-order valence-corrected chi connectivity index (χ3v) is 6.05. The van der Waals surface area contributed by atoms with Gasteiger partial charge in [-0.05, 0) is 45.6 Å². The SMILES string of the molecule is C[C@@H](C(=O)NCc1ccccc1)N1C(=O)CC(N(C)C)C1=O.Cc1ccc(S(=O)(=O)O)cc1. The van der Waals surface area contributed by atoms with E-state index in [2.05, 4.69) is 5.32 Å². The second kappa shape index (κ2) is 11.2. The van der Waals surface area contributed by atoms with Gasteiger partial charge >= 0.3 is 0 Å². The highest BCUT2D eigenvalue weighted by atomic mass is 32.2. The zero-order valence-electron chi connectivity index (χ0n) is 19.1. The molecule has 1 unspecified atom stereocenters. The van der Waals surface area contributed by atoms with E-state index in [1.165, 1.54) is 12.1 Å². The summed E-state index contributed by atoms with van der Waals surface area (Å²) in [5.74, 6) is -0.937. The van der Waals surface area contributed by atoms with Gasteiger partial charge in [0.1, 0.15) is 6.04 Å². The molecule has 178 valence electrons. The van der Waals surface area contributed by atoms with Gasteiger partial charge in [-0.2, -0.15) is 8.42 Å². The van der Waals surface area contributed by atoms with Crippen molar-refractivity contribution >= 4 is 27.8 Å². The number of carbonyl (C=O) groups excluding carboxylic acids is 3. The second-order valence-electron chi connectivity index (χ2n) is 7.95. The molecule has 2 aromatic carbocycles. The highest BCUT2D eigenvalue weighted by Gasteiger charge is 2.43. The van der Waals surface area contributed by atoms with Crippen LogP contribution in [0.5, 0.6) is 0 Å². The first-order valence-electron chi connectivity index (χ1n) is 10.3. The van der Waals surface area contributed by atoms with E-state index >= 15 is 0 Å². The third kappa shape index (κ3) is 7.21. The fourth-order valence-electron chi connectivity index (χ4n) is 3.21. The highest BCUT2D eigenvalue weighted by molar-refractivity contribution is 7.85. The molecule has 1 heterocycles. The molecule has 2 atom stereocenters. The van der Waals surface area contributed by atoms with Crippen LogP contribution in [0.3, 0.4) is 0 Å². The lowest BCUT2D eigenvalue weighted by Crippen LogP contribution is -2.49. The molecule has 2 aromatic rings. The number of nitrogens with zero attached hydrogens (tertiary/aromatic N) is 2. The number of benzene rings is 2. The summed E-state index contributed by atoms with van der Waals surface area (Å²) in [4.78, 5) is 39.2. The van der Waals surface area contributed by atoms with Crippen molar-refractivity contribution in [1.82, 2.24) is 15.1 Å². The topological polar surface area (TPSA) is 124 Å². The molecule has 3 rings (SSSR count). The smallest absolute Gasteiger partial charge is 0.294 e. The second-order valence-corrected chi connectivity index (χ2v) is 9.37. The van der Waals surface area contributed by atoms with Crippen molar-refractivity contribution in [3.63, 3.8) is 0 Å². The minimum Gasteiger partial charge on any atom is -0.350 e. The number of hydrogen-bond donors (Lipinski definition) is 2. The monoisotopic (exact) mass is 475 g/mol. The first-order chi connectivity index (χ1) is 15.4. The minimum atomic E-state index is -4.02. The van der Waals surface area contributed by atoms with Gasteiger partial charge in [-0.15, -0.1) is 0 Å². The van der Waals surface area contributed by atoms with Crippen LogP contribution in [0, 0.1) is 6.92 Å². The summed E-state index contributed by atoms with van der Waals surface area (Å²) in [5, 5.41) is 2.76. The van der Waals surface area contributed by atoms with Crippen LogP contribution in [-0.2, 0) is 31.0 Å². The molecule has 1 aliphatic rings.